The second kappa shape index (κ2) is 6.38. The number of ether oxygens (including phenoxy) is 1. The number of halogens is 1. The molecule has 4 nitrogen and oxygen atoms in total. The van der Waals surface area contributed by atoms with Crippen molar-refractivity contribution in [2.24, 2.45) is 5.41 Å². The first-order valence-corrected chi connectivity index (χ1v) is 8.34. The van der Waals surface area contributed by atoms with Crippen molar-refractivity contribution in [3.05, 3.63) is 24.5 Å². The van der Waals surface area contributed by atoms with Crippen LogP contribution in [-0.2, 0) is 9.05 Å². The van der Waals surface area contributed by atoms with Gasteiger partial charge in [-0.2, -0.15) is 0 Å². The molecule has 0 unspecified atom stereocenters. The van der Waals surface area contributed by atoms with Crippen LogP contribution in [0.25, 0.3) is 0 Å². The van der Waals surface area contributed by atoms with Crippen LogP contribution >= 0.6 is 10.7 Å². The van der Waals surface area contributed by atoms with E-state index in [9.17, 15) is 8.42 Å². The molecule has 0 fully saturated rings. The normalized spacial score (nSPS) is 12.4. The summed E-state index contributed by atoms with van der Waals surface area (Å²) in [6.45, 7) is 4.20. The summed E-state index contributed by atoms with van der Waals surface area (Å²) in [6, 6.07) is 3.56. The lowest BCUT2D eigenvalue weighted by Crippen LogP contribution is -2.33. The van der Waals surface area contributed by atoms with Crippen molar-refractivity contribution in [1.82, 2.24) is 4.98 Å². The third-order valence-corrected chi connectivity index (χ3v) is 4.44. The zero-order valence-electron chi connectivity index (χ0n) is 10.6. The summed E-state index contributed by atoms with van der Waals surface area (Å²) in [4.78, 5) is 3.94. The Morgan fingerprint density at radius 3 is 2.50 bits per heavy atom. The molecule has 102 valence electrons. The van der Waals surface area contributed by atoms with E-state index in [0.29, 0.717) is 25.2 Å². The van der Waals surface area contributed by atoms with Gasteiger partial charge in [0.25, 0.3) is 0 Å². The number of rotatable bonds is 7. The molecule has 0 spiro atoms. The molecule has 0 aromatic carbocycles. The van der Waals surface area contributed by atoms with Gasteiger partial charge in [-0.3, -0.25) is 4.98 Å². The molecule has 0 amide bonds. The van der Waals surface area contributed by atoms with E-state index < -0.39 is 14.5 Å². The molecule has 0 saturated carbocycles. The fourth-order valence-corrected chi connectivity index (χ4v) is 3.65. The minimum absolute atomic E-state index is 0.0746. The highest BCUT2D eigenvalue weighted by molar-refractivity contribution is 8.13. The summed E-state index contributed by atoms with van der Waals surface area (Å²) in [5.41, 5.74) is -0.448. The van der Waals surface area contributed by atoms with Gasteiger partial charge in [0, 0.05) is 22.3 Å². The summed E-state index contributed by atoms with van der Waals surface area (Å²) >= 11 is 0. The van der Waals surface area contributed by atoms with Gasteiger partial charge in [0.1, 0.15) is 5.75 Å². The van der Waals surface area contributed by atoms with Crippen molar-refractivity contribution in [2.45, 2.75) is 26.7 Å². The van der Waals surface area contributed by atoms with Crippen molar-refractivity contribution in [3.63, 3.8) is 0 Å². The average Bonchev–Trinajstić information content (AvgIpc) is 2.34. The number of hydrogen-bond acceptors (Lipinski definition) is 4. The molecule has 1 aromatic heterocycles. The zero-order chi connectivity index (χ0) is 13.6. The van der Waals surface area contributed by atoms with Crippen molar-refractivity contribution in [2.75, 3.05) is 12.4 Å². The minimum atomic E-state index is -3.53. The summed E-state index contributed by atoms with van der Waals surface area (Å²) < 4.78 is 28.2. The van der Waals surface area contributed by atoms with E-state index in [2.05, 4.69) is 4.98 Å². The average molecular weight is 292 g/mol. The maximum atomic E-state index is 11.3. The number of hydrogen-bond donors (Lipinski definition) is 0. The second-order valence-corrected chi connectivity index (χ2v) is 7.14. The topological polar surface area (TPSA) is 56.3 Å². The monoisotopic (exact) mass is 291 g/mol. The Bertz CT molecular complexity index is 457. The predicted molar refractivity (Wildman–Crippen MR) is 72.4 cm³/mol. The molecule has 18 heavy (non-hydrogen) atoms. The summed E-state index contributed by atoms with van der Waals surface area (Å²) in [6.07, 6.45) is 4.64. The highest BCUT2D eigenvalue weighted by Crippen LogP contribution is 2.30. The third-order valence-electron chi connectivity index (χ3n) is 3.16. The first kappa shape index (κ1) is 15.2. The van der Waals surface area contributed by atoms with E-state index in [1.54, 1.807) is 24.5 Å². The molecule has 6 heteroatoms. The Morgan fingerprint density at radius 1 is 1.39 bits per heavy atom. The molecular formula is C12H18ClNO3S. The predicted octanol–water partition coefficient (Wildman–Crippen LogP) is 2.84. The molecule has 0 aliphatic carbocycles. The van der Waals surface area contributed by atoms with Gasteiger partial charge in [-0.15, -0.1) is 0 Å². The van der Waals surface area contributed by atoms with Crippen LogP contribution in [-0.4, -0.2) is 25.8 Å². The van der Waals surface area contributed by atoms with Crippen molar-refractivity contribution < 1.29 is 13.2 Å². The van der Waals surface area contributed by atoms with Gasteiger partial charge in [0.05, 0.1) is 18.6 Å². The highest BCUT2D eigenvalue weighted by Gasteiger charge is 2.32. The van der Waals surface area contributed by atoms with Crippen LogP contribution in [0.5, 0.6) is 5.75 Å². The summed E-state index contributed by atoms with van der Waals surface area (Å²) in [5.74, 6) is 0.560. The van der Waals surface area contributed by atoms with E-state index in [4.69, 9.17) is 15.4 Å². The largest absolute Gasteiger partial charge is 0.491 e. The van der Waals surface area contributed by atoms with E-state index in [1.165, 1.54) is 0 Å². The molecule has 1 rings (SSSR count). The Hall–Kier alpha value is -0.810. The van der Waals surface area contributed by atoms with Gasteiger partial charge in [-0.1, -0.05) is 13.8 Å². The van der Waals surface area contributed by atoms with Crippen LogP contribution in [0.15, 0.2) is 24.5 Å². The molecule has 1 heterocycles. The van der Waals surface area contributed by atoms with Gasteiger partial charge in [-0.05, 0) is 25.0 Å². The van der Waals surface area contributed by atoms with Gasteiger partial charge in [0.2, 0.25) is 9.05 Å². The number of nitrogens with zero attached hydrogens (tertiary/aromatic N) is 1. The Kier molecular flexibility index (Phi) is 5.41. The van der Waals surface area contributed by atoms with Gasteiger partial charge >= 0.3 is 0 Å². The fourth-order valence-electron chi connectivity index (χ4n) is 1.73. The Morgan fingerprint density at radius 2 is 2.06 bits per heavy atom. The molecule has 0 N–H and O–H groups in total. The highest BCUT2D eigenvalue weighted by atomic mass is 35.7. The lowest BCUT2D eigenvalue weighted by atomic mass is 9.85. The lowest BCUT2D eigenvalue weighted by Gasteiger charge is -2.29. The molecule has 0 bridgehead atoms. The second-order valence-electron chi connectivity index (χ2n) is 4.37. The maximum absolute atomic E-state index is 11.3. The number of pyridine rings is 1. The van der Waals surface area contributed by atoms with E-state index in [0.717, 1.165) is 0 Å². The molecule has 0 saturated heterocycles. The Balaban J connectivity index is 2.74. The standard InChI is InChI=1S/C12H18ClNO3S/c1-3-12(4-2,10-18(13,15)16)9-17-11-6-5-7-14-8-11/h5-8H,3-4,9-10H2,1-2H3. The molecule has 0 radical (unpaired) electrons. The van der Waals surface area contributed by atoms with Gasteiger partial charge in [0.15, 0.2) is 0 Å². The van der Waals surface area contributed by atoms with Gasteiger partial charge in [-0.25, -0.2) is 8.42 Å². The molecule has 1 aromatic rings. The van der Waals surface area contributed by atoms with Crippen molar-refractivity contribution >= 4 is 19.7 Å². The van der Waals surface area contributed by atoms with Gasteiger partial charge < -0.3 is 4.74 Å². The van der Waals surface area contributed by atoms with Crippen LogP contribution in [0, 0.1) is 5.41 Å². The SMILES string of the molecule is CCC(CC)(COc1cccnc1)CS(=O)(=O)Cl. The summed E-state index contributed by atoms with van der Waals surface area (Å²) in [5, 5.41) is 0. The first-order chi connectivity index (χ1) is 8.41. The third kappa shape index (κ3) is 4.82. The lowest BCUT2D eigenvalue weighted by molar-refractivity contribution is 0.154. The first-order valence-electron chi connectivity index (χ1n) is 5.86. The van der Waals surface area contributed by atoms with Crippen molar-refractivity contribution in [1.29, 1.82) is 0 Å². The molecule has 0 atom stereocenters. The molecule has 0 aliphatic rings. The van der Waals surface area contributed by atoms with Crippen molar-refractivity contribution in [3.8, 4) is 5.75 Å². The van der Waals surface area contributed by atoms with Crippen LogP contribution in [0.3, 0.4) is 0 Å². The number of aromatic nitrogens is 1. The van der Waals surface area contributed by atoms with Crippen LogP contribution in [0.1, 0.15) is 26.7 Å². The maximum Gasteiger partial charge on any atom is 0.233 e. The van der Waals surface area contributed by atoms with Crippen LogP contribution in [0.4, 0.5) is 0 Å². The molecule has 0 aliphatic heterocycles. The van der Waals surface area contributed by atoms with E-state index in [1.807, 2.05) is 13.8 Å². The summed E-state index contributed by atoms with van der Waals surface area (Å²) in [7, 11) is 1.83. The molecular weight excluding hydrogens is 274 g/mol. The van der Waals surface area contributed by atoms with Crippen LogP contribution < -0.4 is 4.74 Å². The Labute approximate surface area is 113 Å². The smallest absolute Gasteiger partial charge is 0.233 e. The minimum Gasteiger partial charge on any atom is -0.491 e. The van der Waals surface area contributed by atoms with E-state index >= 15 is 0 Å². The zero-order valence-corrected chi connectivity index (χ0v) is 12.2. The fraction of sp³-hybridized carbons (Fsp3) is 0.583. The van der Waals surface area contributed by atoms with E-state index in [-0.39, 0.29) is 5.75 Å². The van der Waals surface area contributed by atoms with Crippen LogP contribution in [0.2, 0.25) is 0 Å². The quantitative estimate of drug-likeness (QED) is 0.725.